The summed E-state index contributed by atoms with van der Waals surface area (Å²) in [5.74, 6) is -0.658. The van der Waals surface area contributed by atoms with E-state index in [1.165, 1.54) is 30.8 Å². The third-order valence-electron chi connectivity index (χ3n) is 4.87. The number of hydrogen-bond donors (Lipinski definition) is 2. The van der Waals surface area contributed by atoms with E-state index in [1.807, 2.05) is 0 Å². The number of nitrogens with zero attached hydrogens (tertiary/aromatic N) is 2. The maximum atomic E-state index is 13.8. The van der Waals surface area contributed by atoms with E-state index in [9.17, 15) is 19.1 Å². The van der Waals surface area contributed by atoms with Crippen molar-refractivity contribution in [1.29, 1.82) is 0 Å². The van der Waals surface area contributed by atoms with Gasteiger partial charge in [0, 0.05) is 22.4 Å². The maximum absolute atomic E-state index is 13.8. The lowest BCUT2D eigenvalue weighted by Crippen LogP contribution is -2.42. The molecule has 1 fully saturated rings. The van der Waals surface area contributed by atoms with E-state index in [1.54, 1.807) is 19.1 Å². The third kappa shape index (κ3) is 4.74. The number of thiophene rings is 1. The van der Waals surface area contributed by atoms with E-state index in [0.717, 1.165) is 24.2 Å². The lowest BCUT2D eigenvalue weighted by atomic mass is 10.0. The number of thioether (sulfide) groups is 1. The number of benzene rings is 1. The monoisotopic (exact) mass is 479 g/mol. The van der Waals surface area contributed by atoms with Gasteiger partial charge < -0.3 is 10.4 Å². The van der Waals surface area contributed by atoms with Crippen LogP contribution in [0.1, 0.15) is 40.1 Å². The van der Waals surface area contributed by atoms with Gasteiger partial charge in [-0.1, -0.05) is 23.4 Å². The molecule has 0 radical (unpaired) electrons. The molecular formula is C21H19ClFN3O3S2. The van der Waals surface area contributed by atoms with Crippen LogP contribution < -0.4 is 5.32 Å². The van der Waals surface area contributed by atoms with Crippen LogP contribution in [0.3, 0.4) is 0 Å². The lowest BCUT2D eigenvalue weighted by molar-refractivity contribution is -0.138. The molecule has 1 saturated carbocycles. The van der Waals surface area contributed by atoms with Crippen LogP contribution in [-0.2, 0) is 10.4 Å². The van der Waals surface area contributed by atoms with Crippen molar-refractivity contribution in [2.45, 2.75) is 43.4 Å². The molecule has 0 unspecified atom stereocenters. The number of hydrogen-bond acceptors (Lipinski definition) is 7. The third-order valence-corrected chi connectivity index (χ3v) is 7.49. The fraction of sp³-hybridized carbons (Fsp3) is 0.333. The van der Waals surface area contributed by atoms with Crippen molar-refractivity contribution < 1.29 is 19.1 Å². The first kappa shape index (κ1) is 22.1. The van der Waals surface area contributed by atoms with E-state index in [2.05, 4.69) is 15.3 Å². The SMILES string of the molecule is Cc1nc(SCC(=O)c2ccc([C@@](C)(O)C(=O)NC3CC3)s2)c2cc(Cl)c(F)cc2n1. The molecule has 0 spiro atoms. The fourth-order valence-corrected chi connectivity index (χ4v) is 5.12. The summed E-state index contributed by atoms with van der Waals surface area (Å²) in [5.41, 5.74) is -1.28. The van der Waals surface area contributed by atoms with Gasteiger partial charge in [-0.2, -0.15) is 0 Å². The number of amides is 1. The zero-order valence-corrected chi connectivity index (χ0v) is 19.1. The molecule has 162 valence electrons. The van der Waals surface area contributed by atoms with Gasteiger partial charge in [0.25, 0.3) is 5.91 Å². The smallest absolute Gasteiger partial charge is 0.257 e. The summed E-state index contributed by atoms with van der Waals surface area (Å²) in [6, 6.07) is 6.04. The van der Waals surface area contributed by atoms with Crippen LogP contribution in [0.15, 0.2) is 29.3 Å². The molecule has 2 heterocycles. The Morgan fingerprint density at radius 1 is 1.35 bits per heavy atom. The van der Waals surface area contributed by atoms with Crippen molar-refractivity contribution in [2.75, 3.05) is 5.75 Å². The highest BCUT2D eigenvalue weighted by atomic mass is 35.5. The predicted octanol–water partition coefficient (Wildman–Crippen LogP) is 4.25. The van der Waals surface area contributed by atoms with Gasteiger partial charge in [0.05, 0.1) is 21.2 Å². The minimum Gasteiger partial charge on any atom is -0.375 e. The highest BCUT2D eigenvalue weighted by Crippen LogP contribution is 2.33. The molecule has 1 atom stereocenters. The highest BCUT2D eigenvalue weighted by molar-refractivity contribution is 8.00. The molecule has 0 aliphatic heterocycles. The van der Waals surface area contributed by atoms with Crippen LogP contribution >= 0.6 is 34.7 Å². The summed E-state index contributed by atoms with van der Waals surface area (Å²) < 4.78 is 13.8. The number of ketones is 1. The van der Waals surface area contributed by atoms with Crippen molar-refractivity contribution in [3.63, 3.8) is 0 Å². The number of halogens is 2. The number of aryl methyl sites for hydroxylation is 1. The van der Waals surface area contributed by atoms with Gasteiger partial charge in [0.15, 0.2) is 11.4 Å². The topological polar surface area (TPSA) is 92.2 Å². The minimum absolute atomic E-state index is 0.0391. The second kappa shape index (κ2) is 8.46. The van der Waals surface area contributed by atoms with E-state index >= 15 is 0 Å². The Kier molecular flexibility index (Phi) is 6.04. The van der Waals surface area contributed by atoms with Crippen LogP contribution in [0, 0.1) is 12.7 Å². The van der Waals surface area contributed by atoms with Crippen molar-refractivity contribution in [3.8, 4) is 0 Å². The summed E-state index contributed by atoms with van der Waals surface area (Å²) in [6.45, 7) is 3.12. The first-order chi connectivity index (χ1) is 14.6. The Hall–Kier alpha value is -2.07. The van der Waals surface area contributed by atoms with Crippen LogP contribution in [0.2, 0.25) is 5.02 Å². The number of Topliss-reactive ketones (excluding diaryl/α,β-unsaturated/α-hetero) is 1. The Labute approximate surface area is 191 Å². The van der Waals surface area contributed by atoms with Gasteiger partial charge in [-0.15, -0.1) is 11.3 Å². The molecule has 31 heavy (non-hydrogen) atoms. The quantitative estimate of drug-likeness (QED) is 0.299. The molecule has 1 amide bonds. The Bertz CT molecular complexity index is 1190. The van der Waals surface area contributed by atoms with Gasteiger partial charge in [-0.05, 0) is 44.9 Å². The van der Waals surface area contributed by atoms with Gasteiger partial charge in [-0.25, -0.2) is 14.4 Å². The molecule has 2 N–H and O–H groups in total. The molecule has 10 heteroatoms. The van der Waals surface area contributed by atoms with E-state index in [0.29, 0.717) is 31.5 Å². The van der Waals surface area contributed by atoms with Crippen LogP contribution in [0.25, 0.3) is 10.9 Å². The summed E-state index contributed by atoms with van der Waals surface area (Å²) in [6.07, 6.45) is 1.84. The number of nitrogens with one attached hydrogen (secondary N) is 1. The number of carbonyl (C=O) groups is 2. The molecule has 1 aromatic carbocycles. The van der Waals surface area contributed by atoms with Crippen molar-refractivity contribution in [3.05, 3.63) is 50.7 Å². The first-order valence-electron chi connectivity index (χ1n) is 9.58. The molecule has 0 saturated heterocycles. The number of rotatable bonds is 7. The average Bonchev–Trinajstić information content (AvgIpc) is 3.37. The standard InChI is InChI=1S/C21H19ClFN3O3S2/c1-10-24-15-8-14(23)13(22)7-12(15)19(25-10)30-9-16(27)17-5-6-18(31-17)21(2,29)20(28)26-11-3-4-11/h5-8,11,29H,3-4,9H2,1-2H3,(H,26,28)/t21-/m1/s1. The average molecular weight is 480 g/mol. The van der Waals surface area contributed by atoms with E-state index in [-0.39, 0.29) is 22.6 Å². The molecular weight excluding hydrogens is 461 g/mol. The van der Waals surface area contributed by atoms with E-state index < -0.39 is 17.3 Å². The van der Waals surface area contributed by atoms with Crippen molar-refractivity contribution in [1.82, 2.24) is 15.3 Å². The number of aliphatic hydroxyl groups is 1. The predicted molar refractivity (Wildman–Crippen MR) is 119 cm³/mol. The van der Waals surface area contributed by atoms with Gasteiger partial charge in [0.1, 0.15) is 16.7 Å². The van der Waals surface area contributed by atoms with Crippen LogP contribution in [0.5, 0.6) is 0 Å². The molecule has 4 rings (SSSR count). The molecule has 1 aliphatic rings. The summed E-state index contributed by atoms with van der Waals surface area (Å²) in [7, 11) is 0. The first-order valence-corrected chi connectivity index (χ1v) is 11.8. The molecule has 6 nitrogen and oxygen atoms in total. The Morgan fingerprint density at radius 3 is 2.81 bits per heavy atom. The molecule has 3 aromatic rings. The summed E-state index contributed by atoms with van der Waals surface area (Å²) in [5, 5.41) is 14.5. The second-order valence-electron chi connectivity index (χ2n) is 7.56. The second-order valence-corrected chi connectivity index (χ2v) is 10.0. The minimum atomic E-state index is -1.69. The van der Waals surface area contributed by atoms with Crippen LogP contribution in [-0.4, -0.2) is 38.6 Å². The summed E-state index contributed by atoms with van der Waals surface area (Å²) in [4.78, 5) is 34.5. The van der Waals surface area contributed by atoms with Crippen molar-refractivity contribution in [2.24, 2.45) is 0 Å². The van der Waals surface area contributed by atoms with Gasteiger partial charge in [-0.3, -0.25) is 9.59 Å². The maximum Gasteiger partial charge on any atom is 0.257 e. The zero-order valence-electron chi connectivity index (χ0n) is 16.7. The molecule has 1 aliphatic carbocycles. The normalized spacial score (nSPS) is 15.6. The number of fused-ring (bicyclic) bond motifs is 1. The van der Waals surface area contributed by atoms with Crippen LogP contribution in [0.4, 0.5) is 4.39 Å². The number of aromatic nitrogens is 2. The highest BCUT2D eigenvalue weighted by Gasteiger charge is 2.37. The van der Waals surface area contributed by atoms with Gasteiger partial charge in [0.2, 0.25) is 0 Å². The van der Waals surface area contributed by atoms with E-state index in [4.69, 9.17) is 11.6 Å². The zero-order chi connectivity index (χ0) is 22.3. The fourth-order valence-electron chi connectivity index (χ4n) is 2.94. The summed E-state index contributed by atoms with van der Waals surface area (Å²) >= 11 is 8.20. The molecule has 0 bridgehead atoms. The largest absolute Gasteiger partial charge is 0.375 e. The van der Waals surface area contributed by atoms with Gasteiger partial charge >= 0.3 is 0 Å². The Balaban J connectivity index is 1.50. The Morgan fingerprint density at radius 2 is 2.10 bits per heavy atom. The number of carbonyl (C=O) groups excluding carboxylic acids is 2. The van der Waals surface area contributed by atoms with Crippen molar-refractivity contribution >= 4 is 57.3 Å². The molecule has 2 aromatic heterocycles. The lowest BCUT2D eigenvalue weighted by Gasteiger charge is -2.20.